The number of nitrogens with zero attached hydrogens (tertiary/aromatic N) is 5. The van der Waals surface area contributed by atoms with Gasteiger partial charge >= 0.3 is 0 Å². The van der Waals surface area contributed by atoms with Crippen molar-refractivity contribution < 1.29 is 57.6 Å². The number of morpholine rings is 1. The number of benzene rings is 2. The summed E-state index contributed by atoms with van der Waals surface area (Å²) in [5.74, 6) is -0.372. The molecule has 1 aromatic heterocycles. The Hall–Kier alpha value is -6.60. The van der Waals surface area contributed by atoms with E-state index in [0.29, 0.717) is 101 Å². The molecule has 1 spiro atoms. The van der Waals surface area contributed by atoms with Crippen LogP contribution in [0, 0.1) is 0 Å². The van der Waals surface area contributed by atoms with Gasteiger partial charge < -0.3 is 38.4 Å². The minimum absolute atomic E-state index is 0.0342. The third-order valence-corrected chi connectivity index (χ3v) is 13.4. The number of unbranched alkanes of at least 4 members (excludes halogenated alkanes) is 1. The van der Waals surface area contributed by atoms with Gasteiger partial charge in [-0.05, 0) is 80.0 Å². The number of ether oxygens (including phenoxy) is 4. The number of imide groups is 2. The highest BCUT2D eigenvalue weighted by Crippen LogP contribution is 2.40. The number of fused-ring (bicyclic) bond motifs is 2. The van der Waals surface area contributed by atoms with E-state index in [1.165, 1.54) is 12.1 Å². The van der Waals surface area contributed by atoms with Gasteiger partial charge in [0, 0.05) is 82.9 Å². The lowest BCUT2D eigenvalue weighted by Gasteiger charge is -2.47. The highest BCUT2D eigenvalue weighted by molar-refractivity contribution is 6.23. The van der Waals surface area contributed by atoms with Crippen molar-refractivity contribution in [2.24, 2.45) is 7.05 Å². The van der Waals surface area contributed by atoms with E-state index < -0.39 is 35.3 Å². The molecule has 5 aliphatic heterocycles. The zero-order valence-corrected chi connectivity index (χ0v) is 38.4. The van der Waals surface area contributed by atoms with Crippen molar-refractivity contribution in [3.63, 3.8) is 0 Å². The number of pyridine rings is 1. The largest absolute Gasteiger partial charge is 0.496 e. The summed E-state index contributed by atoms with van der Waals surface area (Å²) >= 11 is 0. The number of amides is 6. The van der Waals surface area contributed by atoms with E-state index >= 15 is 0 Å². The molecule has 0 saturated carbocycles. The molecule has 2 N–H and O–H groups in total. The normalized spacial score (nSPS) is 19.0. The first-order valence-corrected chi connectivity index (χ1v) is 22.7. The van der Waals surface area contributed by atoms with Gasteiger partial charge in [0.25, 0.3) is 23.8 Å². The zero-order chi connectivity index (χ0) is 48.0. The molecule has 3 aromatic rings. The lowest BCUT2D eigenvalue weighted by Crippen LogP contribution is -2.57. The Labute approximate surface area is 387 Å². The topological polar surface area (TPSA) is 224 Å². The number of carbonyl (C=O) groups is 7. The van der Waals surface area contributed by atoms with E-state index in [1.54, 1.807) is 36.8 Å². The fourth-order valence-electron chi connectivity index (χ4n) is 9.75. The van der Waals surface area contributed by atoms with E-state index in [1.807, 2.05) is 30.2 Å². The number of carboxylic acid groups (broad SMARTS) is 1. The van der Waals surface area contributed by atoms with Crippen molar-refractivity contribution in [1.82, 2.24) is 29.5 Å². The van der Waals surface area contributed by atoms with Crippen LogP contribution in [0.15, 0.2) is 41.3 Å². The summed E-state index contributed by atoms with van der Waals surface area (Å²) in [6.07, 6.45) is 6.05. The Morgan fingerprint density at radius 3 is 2.25 bits per heavy atom. The van der Waals surface area contributed by atoms with Crippen molar-refractivity contribution in [3.05, 3.63) is 74.7 Å². The van der Waals surface area contributed by atoms with Crippen LogP contribution in [-0.2, 0) is 55.3 Å². The van der Waals surface area contributed by atoms with Crippen LogP contribution in [0.3, 0.4) is 0 Å². The maximum Gasteiger partial charge on any atom is 0.290 e. The van der Waals surface area contributed by atoms with Crippen molar-refractivity contribution in [2.75, 3.05) is 60.2 Å². The van der Waals surface area contributed by atoms with Crippen LogP contribution in [0.1, 0.15) is 95.7 Å². The minimum atomic E-state index is -1.03. The molecule has 6 heterocycles. The molecule has 3 fully saturated rings. The summed E-state index contributed by atoms with van der Waals surface area (Å²) < 4.78 is 25.8. The zero-order valence-electron chi connectivity index (χ0n) is 38.4. The predicted octanol–water partition coefficient (Wildman–Crippen LogP) is 2.91. The number of hydrogen-bond donors (Lipinski definition) is 2. The molecule has 0 radical (unpaired) electrons. The summed E-state index contributed by atoms with van der Waals surface area (Å²) in [5, 5.41) is 9.09. The van der Waals surface area contributed by atoms with Gasteiger partial charge in [0.1, 0.15) is 23.3 Å². The summed E-state index contributed by atoms with van der Waals surface area (Å²) in [4.78, 5) is 105. The van der Waals surface area contributed by atoms with Gasteiger partial charge in [-0.25, -0.2) is 0 Å². The van der Waals surface area contributed by atoms with Crippen LogP contribution in [0.5, 0.6) is 17.2 Å². The second-order valence-electron chi connectivity index (χ2n) is 17.4. The van der Waals surface area contributed by atoms with E-state index in [0.717, 1.165) is 53.1 Å². The van der Waals surface area contributed by atoms with Gasteiger partial charge in [-0.2, -0.15) is 0 Å². The molecule has 8 rings (SSSR count). The van der Waals surface area contributed by atoms with Crippen LogP contribution in [0.4, 0.5) is 0 Å². The fourth-order valence-corrected chi connectivity index (χ4v) is 9.75. The monoisotopic (exact) mass is 926 g/mol. The standard InChI is InChI=1S/C47H56N6O11.CH2O2/c1-5-41(55)51-16-13-31-34(25-49(2)44(58)35(31)27-51)29-22-38(61-3)36(39(23-29)62-4)26-50-17-14-47(15-18-50)28-52(19-21-64-47)42(56)8-6-7-20-63-30-9-10-32-33(24-30)46(60)53(45(32)59)37-11-12-40(54)48-43(37)57;2-1-3/h9-10,22-25,37H,5-8,11-21,26-28H2,1-4H3,(H,48,54,57);1H,(H,2,3). The van der Waals surface area contributed by atoms with Gasteiger partial charge in [-0.1, -0.05) is 6.92 Å². The van der Waals surface area contributed by atoms with Crippen LogP contribution in [0.25, 0.3) is 11.1 Å². The number of rotatable bonds is 13. The van der Waals surface area contributed by atoms with Gasteiger partial charge in [-0.3, -0.25) is 53.5 Å². The molecule has 2 aromatic carbocycles. The number of hydrogen-bond acceptors (Lipinski definition) is 13. The molecule has 1 unspecified atom stereocenters. The molecule has 1 atom stereocenters. The Bertz CT molecular complexity index is 2470. The van der Waals surface area contributed by atoms with Crippen molar-refractivity contribution in [3.8, 4) is 28.4 Å². The third kappa shape index (κ3) is 10.2. The molecule has 5 aliphatic rings. The lowest BCUT2D eigenvalue weighted by molar-refractivity contribution is -0.159. The van der Waals surface area contributed by atoms with E-state index in [4.69, 9.17) is 28.8 Å². The number of methoxy groups -OCH3 is 2. The molecule has 3 saturated heterocycles. The highest BCUT2D eigenvalue weighted by Gasteiger charge is 2.45. The van der Waals surface area contributed by atoms with Crippen molar-refractivity contribution >= 4 is 41.9 Å². The van der Waals surface area contributed by atoms with Crippen molar-refractivity contribution in [1.29, 1.82) is 0 Å². The summed E-state index contributed by atoms with van der Waals surface area (Å²) in [6.45, 7) is 6.39. The molecule has 358 valence electrons. The molecular weight excluding hydrogens is 869 g/mol. The van der Waals surface area contributed by atoms with Gasteiger partial charge in [0.2, 0.25) is 23.6 Å². The maximum atomic E-state index is 13.4. The molecule has 6 amide bonds. The fraction of sp³-hybridized carbons (Fsp3) is 0.500. The quantitative estimate of drug-likeness (QED) is 0.143. The Morgan fingerprint density at radius 2 is 1.58 bits per heavy atom. The lowest BCUT2D eigenvalue weighted by atomic mass is 9.88. The predicted molar refractivity (Wildman–Crippen MR) is 241 cm³/mol. The smallest absolute Gasteiger partial charge is 0.290 e. The first kappa shape index (κ1) is 48.3. The van der Waals surface area contributed by atoms with E-state index in [9.17, 15) is 33.6 Å². The van der Waals surface area contributed by atoms with E-state index in [-0.39, 0.29) is 47.8 Å². The van der Waals surface area contributed by atoms with Crippen LogP contribution >= 0.6 is 0 Å². The Kier molecular flexibility index (Phi) is 15.1. The number of likely N-dealkylation sites (tertiary alicyclic amines) is 1. The highest BCUT2D eigenvalue weighted by atomic mass is 16.5. The molecule has 0 aliphatic carbocycles. The first-order valence-electron chi connectivity index (χ1n) is 22.7. The second kappa shape index (κ2) is 20.9. The first-order chi connectivity index (χ1) is 32.2. The molecule has 19 nitrogen and oxygen atoms in total. The van der Waals surface area contributed by atoms with Gasteiger partial charge in [-0.15, -0.1) is 0 Å². The SMILES string of the molecule is CCC(=O)N1CCc2c(-c3cc(OC)c(CN4CCC5(CC4)CN(C(=O)CCCCOc4ccc6c(c4)C(=O)N(C4CCC(=O)NC4=O)C6=O)CCO5)c(OC)c3)cn(C)c(=O)c2C1.O=CO. The van der Waals surface area contributed by atoms with Crippen LogP contribution in [-0.4, -0.2) is 143 Å². The number of aryl methyl sites for hydroxylation is 1. The Morgan fingerprint density at radius 1 is 0.881 bits per heavy atom. The molecular formula is C48H58N6O13. The third-order valence-electron chi connectivity index (χ3n) is 13.4. The van der Waals surface area contributed by atoms with Gasteiger partial charge in [0.15, 0.2) is 0 Å². The minimum Gasteiger partial charge on any atom is -0.496 e. The van der Waals surface area contributed by atoms with Crippen molar-refractivity contribution in [2.45, 2.75) is 89.4 Å². The number of piperidine rings is 2. The molecule has 19 heteroatoms. The summed E-state index contributed by atoms with van der Waals surface area (Å²) in [5.41, 5.74) is 4.13. The number of aromatic nitrogens is 1. The second-order valence-corrected chi connectivity index (χ2v) is 17.4. The van der Waals surface area contributed by atoms with E-state index in [2.05, 4.69) is 10.2 Å². The average molecular weight is 927 g/mol. The molecule has 67 heavy (non-hydrogen) atoms. The number of carbonyl (C=O) groups excluding carboxylic acids is 6. The van der Waals surface area contributed by atoms with Gasteiger partial charge in [0.05, 0.1) is 56.3 Å². The molecule has 0 bridgehead atoms. The average Bonchev–Trinajstić information content (AvgIpc) is 3.57. The Balaban J connectivity index is 0.00000216. The maximum absolute atomic E-state index is 13.4. The van der Waals surface area contributed by atoms with Crippen LogP contribution < -0.4 is 25.1 Å². The summed E-state index contributed by atoms with van der Waals surface area (Å²) in [6, 6.07) is 7.61. The number of nitrogens with one attached hydrogen (secondary N) is 1. The van der Waals surface area contributed by atoms with Crippen LogP contribution in [0.2, 0.25) is 0 Å². The summed E-state index contributed by atoms with van der Waals surface area (Å²) in [7, 11) is 5.03.